The molecule has 0 unspecified atom stereocenters. The molecule has 3 heterocycles. The highest BCUT2D eigenvalue weighted by molar-refractivity contribution is 6.59. The smallest absolute Gasteiger partial charge is 0.430 e. The van der Waals surface area contributed by atoms with Gasteiger partial charge in [0.05, 0.1) is 35.9 Å². The Labute approximate surface area is 167 Å². The first-order valence-corrected chi connectivity index (χ1v) is 8.86. The van der Waals surface area contributed by atoms with Crippen molar-refractivity contribution in [3.05, 3.63) is 53.3 Å². The summed E-state index contributed by atoms with van der Waals surface area (Å²) in [7, 11) is 0. The summed E-state index contributed by atoms with van der Waals surface area (Å²) in [5.74, 6) is -1.86. The Hall–Kier alpha value is -3.11. The van der Waals surface area contributed by atoms with Crippen molar-refractivity contribution in [3.63, 3.8) is 0 Å². The van der Waals surface area contributed by atoms with Crippen molar-refractivity contribution in [1.82, 2.24) is 9.88 Å². The first-order valence-electron chi connectivity index (χ1n) is 8.86. The number of aromatic carboxylic acids is 1. The van der Waals surface area contributed by atoms with Crippen LogP contribution in [0.1, 0.15) is 33.7 Å². The third-order valence-electron chi connectivity index (χ3n) is 4.84. The van der Waals surface area contributed by atoms with Crippen LogP contribution in [0.15, 0.2) is 36.7 Å². The molecule has 0 atom stereocenters. The average Bonchev–Trinajstić information content (AvgIpc) is 2.63. The van der Waals surface area contributed by atoms with Gasteiger partial charge >= 0.3 is 6.75 Å². The number of nitrogens with zero attached hydrogens (tertiary/aromatic N) is 2. The van der Waals surface area contributed by atoms with E-state index in [-0.39, 0.29) is 56.2 Å². The quantitative estimate of drug-likeness (QED) is 0.677. The molecule has 1 fully saturated rings. The normalized spacial score (nSPS) is 17.2. The summed E-state index contributed by atoms with van der Waals surface area (Å²) in [6, 6.07) is 6.45. The van der Waals surface area contributed by atoms with Gasteiger partial charge in [0.1, 0.15) is 11.9 Å². The van der Waals surface area contributed by atoms with Crippen LogP contribution in [-0.2, 0) is 6.42 Å². The van der Waals surface area contributed by atoms with E-state index in [1.807, 2.05) is 0 Å². The molecule has 2 aliphatic heterocycles. The summed E-state index contributed by atoms with van der Waals surface area (Å²) in [6.07, 6.45) is 2.89. The summed E-state index contributed by atoms with van der Waals surface area (Å²) in [5, 5.41) is 31.2. The number of aryl methyl sites for hydroxylation is 1. The molecule has 154 valence electrons. The highest BCUT2D eigenvalue weighted by atomic mass is 16.6. The summed E-state index contributed by atoms with van der Waals surface area (Å²) < 4.78 is 10.8. The zero-order valence-electron chi connectivity index (χ0n) is 14.8. The molecule has 0 aliphatic carbocycles. The lowest BCUT2D eigenvalue weighted by molar-refractivity contribution is -0.255. The van der Waals surface area contributed by atoms with Crippen LogP contribution in [0, 0.1) is 0 Å². The van der Waals surface area contributed by atoms with E-state index in [1.165, 1.54) is 12.3 Å². The number of carboxylic acid groups (broad SMARTS) is 1. The van der Waals surface area contributed by atoms with Crippen LogP contribution in [0.4, 0.5) is 0 Å². The van der Waals surface area contributed by atoms with Crippen LogP contribution in [0.25, 0.3) is 0 Å². The van der Waals surface area contributed by atoms with E-state index >= 15 is 0 Å². The number of carboxylic acids is 1. The van der Waals surface area contributed by atoms with Gasteiger partial charge in [0.15, 0.2) is 0 Å². The summed E-state index contributed by atoms with van der Waals surface area (Å²) in [4.78, 5) is 29.4. The topological polar surface area (TPSA) is 132 Å². The van der Waals surface area contributed by atoms with Crippen molar-refractivity contribution in [2.24, 2.45) is 0 Å². The van der Waals surface area contributed by atoms with Crippen LogP contribution in [0.3, 0.4) is 0 Å². The number of carbonyl (C=O) groups excluding carboxylic acids is 2. The Morgan fingerprint density at radius 1 is 1.28 bits per heavy atom. The fourth-order valence-corrected chi connectivity index (χ4v) is 3.35. The Balaban J connectivity index is 0.00000240. The maximum atomic E-state index is 12.3. The largest absolute Gasteiger partial charge is 0.669 e. The molecule has 2 aliphatic rings. The second kappa shape index (κ2) is 7.73. The first-order chi connectivity index (χ1) is 13.3. The van der Waals surface area contributed by atoms with Gasteiger partial charge in [-0.1, -0.05) is 19.8 Å². The standard InChI is InChI=1S/C18H18BN2O7.CH4/c22-17(12-2-1-7-20-8-12)21-9-13(10-21)27-14-4-3-11-5-6-19(25,26)28-16(11)15(14)18(23)24;/h1-4,7-8,13,25-26H,5-6,9-10H2,(H,23,24);1H4/q-1;/p-1. The highest BCUT2D eigenvalue weighted by Gasteiger charge is 2.35. The summed E-state index contributed by atoms with van der Waals surface area (Å²) in [5.41, 5.74) is 0.640. The Morgan fingerprint density at radius 2 is 2.03 bits per heavy atom. The summed E-state index contributed by atoms with van der Waals surface area (Å²) >= 11 is 0. The molecule has 29 heavy (non-hydrogen) atoms. The molecule has 0 bridgehead atoms. The third kappa shape index (κ3) is 4.03. The molecule has 1 saturated heterocycles. The minimum atomic E-state index is -3.12. The SMILES string of the molecule is C.O=C([O-])c1c(OC2CN(C(=O)c3cccnc3)C2)ccc2c1O[B-](O)(O)CC2. The Kier molecular flexibility index (Phi) is 5.49. The molecular weight excluding hydrogens is 379 g/mol. The molecule has 1 aromatic carbocycles. The van der Waals surface area contributed by atoms with Crippen LogP contribution < -0.4 is 14.5 Å². The third-order valence-corrected chi connectivity index (χ3v) is 4.84. The molecule has 1 aromatic heterocycles. The van der Waals surface area contributed by atoms with Crippen molar-refractivity contribution in [1.29, 1.82) is 0 Å². The van der Waals surface area contributed by atoms with E-state index < -0.39 is 18.8 Å². The summed E-state index contributed by atoms with van der Waals surface area (Å²) in [6.45, 7) is -2.55. The zero-order chi connectivity index (χ0) is 19.9. The average molecular weight is 400 g/mol. The van der Waals surface area contributed by atoms with Gasteiger partial charge in [-0.05, 0) is 30.2 Å². The molecule has 2 N–H and O–H groups in total. The molecule has 4 rings (SSSR count). The maximum absolute atomic E-state index is 12.3. The van der Waals surface area contributed by atoms with Crippen molar-refractivity contribution < 1.29 is 34.1 Å². The second-order valence-electron chi connectivity index (χ2n) is 6.92. The van der Waals surface area contributed by atoms with Gasteiger partial charge in [0.25, 0.3) is 5.91 Å². The fraction of sp³-hybridized carbons (Fsp3) is 0.316. The number of rotatable bonds is 4. The molecule has 0 spiro atoms. The van der Waals surface area contributed by atoms with Crippen molar-refractivity contribution in [2.75, 3.05) is 13.1 Å². The molecular formula is C19H21BN2O7-2. The maximum Gasteiger partial charge on any atom is 0.430 e. The number of amides is 1. The monoisotopic (exact) mass is 400 g/mol. The minimum absolute atomic E-state index is 0. The van der Waals surface area contributed by atoms with E-state index in [0.29, 0.717) is 11.1 Å². The number of ether oxygens (including phenoxy) is 1. The van der Waals surface area contributed by atoms with Crippen molar-refractivity contribution in [2.45, 2.75) is 26.3 Å². The highest BCUT2D eigenvalue weighted by Crippen LogP contribution is 2.38. The number of hydrogen-bond donors (Lipinski definition) is 2. The fourth-order valence-electron chi connectivity index (χ4n) is 3.35. The van der Waals surface area contributed by atoms with E-state index in [4.69, 9.17) is 9.39 Å². The van der Waals surface area contributed by atoms with Crippen LogP contribution in [0.5, 0.6) is 11.5 Å². The predicted molar refractivity (Wildman–Crippen MR) is 101 cm³/mol. The number of likely N-dealkylation sites (tertiary alicyclic amines) is 1. The number of carbonyl (C=O) groups is 2. The Bertz CT molecular complexity index is 930. The van der Waals surface area contributed by atoms with Crippen molar-refractivity contribution >= 4 is 18.6 Å². The van der Waals surface area contributed by atoms with E-state index in [9.17, 15) is 24.7 Å². The number of hydrogen-bond acceptors (Lipinski definition) is 8. The number of pyridine rings is 1. The van der Waals surface area contributed by atoms with Gasteiger partial charge in [0.2, 0.25) is 0 Å². The zero-order valence-corrected chi connectivity index (χ0v) is 14.8. The van der Waals surface area contributed by atoms with Gasteiger partial charge in [-0.3, -0.25) is 9.78 Å². The number of benzene rings is 1. The predicted octanol–water partition coefficient (Wildman–Crippen LogP) is -0.157. The second-order valence-corrected chi connectivity index (χ2v) is 6.92. The van der Waals surface area contributed by atoms with Gasteiger partial charge < -0.3 is 34.2 Å². The van der Waals surface area contributed by atoms with Crippen LogP contribution in [0.2, 0.25) is 6.32 Å². The van der Waals surface area contributed by atoms with Gasteiger partial charge in [-0.2, -0.15) is 0 Å². The number of aromatic nitrogens is 1. The molecule has 2 aromatic rings. The molecule has 1 amide bonds. The first kappa shape index (κ1) is 20.6. The van der Waals surface area contributed by atoms with Gasteiger partial charge in [-0.15, -0.1) is 0 Å². The van der Waals surface area contributed by atoms with Gasteiger partial charge in [0, 0.05) is 12.4 Å². The van der Waals surface area contributed by atoms with E-state index in [2.05, 4.69) is 4.98 Å². The molecule has 10 heteroatoms. The molecule has 0 radical (unpaired) electrons. The minimum Gasteiger partial charge on any atom is -0.669 e. The lowest BCUT2D eigenvalue weighted by Crippen LogP contribution is -2.56. The molecule has 9 nitrogen and oxygen atoms in total. The van der Waals surface area contributed by atoms with Crippen LogP contribution >= 0.6 is 0 Å². The van der Waals surface area contributed by atoms with Crippen LogP contribution in [-0.4, -0.2) is 57.8 Å². The molecule has 0 saturated carbocycles. The lowest BCUT2D eigenvalue weighted by Gasteiger charge is -2.41. The number of fused-ring (bicyclic) bond motifs is 1. The van der Waals surface area contributed by atoms with Crippen molar-refractivity contribution in [3.8, 4) is 11.5 Å². The van der Waals surface area contributed by atoms with Gasteiger partial charge in [-0.25, -0.2) is 0 Å². The van der Waals surface area contributed by atoms with E-state index in [1.54, 1.807) is 29.3 Å². The Morgan fingerprint density at radius 3 is 2.69 bits per heavy atom. The van der Waals surface area contributed by atoms with E-state index in [0.717, 1.165) is 0 Å². The lowest BCUT2D eigenvalue weighted by atomic mass is 9.70.